The third-order valence-corrected chi connectivity index (χ3v) is 5.48. The number of imidazole rings is 1. The van der Waals surface area contributed by atoms with Crippen molar-refractivity contribution in [2.75, 3.05) is 37.6 Å². The molecule has 0 amide bonds. The Hall–Kier alpha value is -2.57. The predicted octanol–water partition coefficient (Wildman–Crippen LogP) is 3.48. The number of nitrogens with one attached hydrogen (secondary N) is 1. The Morgan fingerprint density at radius 1 is 1.07 bits per heavy atom. The highest BCUT2D eigenvalue weighted by atomic mass is 16.5. The lowest BCUT2D eigenvalue weighted by molar-refractivity contribution is 0.232. The zero-order valence-corrected chi connectivity index (χ0v) is 17.6. The molecule has 1 unspecified atom stereocenters. The molecule has 3 N–H and O–H groups in total. The highest BCUT2D eigenvalue weighted by Crippen LogP contribution is 2.30. The van der Waals surface area contributed by atoms with Crippen molar-refractivity contribution < 1.29 is 4.74 Å². The Balaban J connectivity index is 1.38. The van der Waals surface area contributed by atoms with E-state index < -0.39 is 0 Å². The molecule has 1 saturated heterocycles. The number of piperazine rings is 1. The van der Waals surface area contributed by atoms with Gasteiger partial charge in [0.25, 0.3) is 0 Å². The van der Waals surface area contributed by atoms with Gasteiger partial charge in [-0.15, -0.1) is 0 Å². The number of nitrogens with zero attached hydrogens (tertiary/aromatic N) is 3. The number of anilines is 1. The van der Waals surface area contributed by atoms with Crippen molar-refractivity contribution in [2.24, 2.45) is 5.73 Å². The SMILES string of the molecule is Cc1cccc2[nH]c(C(N)CN3CCN(c4ccccc4OC(C)C)CC3)nc12. The summed E-state index contributed by atoms with van der Waals surface area (Å²) in [5.74, 6) is 1.83. The zero-order chi connectivity index (χ0) is 20.4. The summed E-state index contributed by atoms with van der Waals surface area (Å²) in [6, 6.07) is 14.4. The van der Waals surface area contributed by atoms with E-state index in [-0.39, 0.29) is 12.1 Å². The van der Waals surface area contributed by atoms with Crippen LogP contribution in [0.1, 0.15) is 31.3 Å². The Labute approximate surface area is 172 Å². The lowest BCUT2D eigenvalue weighted by Crippen LogP contribution is -2.48. The van der Waals surface area contributed by atoms with Crippen LogP contribution < -0.4 is 15.4 Å². The first-order valence-electron chi connectivity index (χ1n) is 10.4. The third kappa shape index (κ3) is 4.38. The van der Waals surface area contributed by atoms with Gasteiger partial charge in [0.15, 0.2) is 0 Å². The maximum absolute atomic E-state index is 6.50. The first kappa shape index (κ1) is 19.7. The second-order valence-electron chi connectivity index (χ2n) is 8.12. The second kappa shape index (κ2) is 8.43. The van der Waals surface area contributed by atoms with Gasteiger partial charge in [-0.2, -0.15) is 0 Å². The molecule has 0 bridgehead atoms. The number of rotatable bonds is 6. The van der Waals surface area contributed by atoms with Crippen LogP contribution >= 0.6 is 0 Å². The minimum Gasteiger partial charge on any atom is -0.489 e. The van der Waals surface area contributed by atoms with E-state index in [1.807, 2.05) is 12.1 Å². The predicted molar refractivity (Wildman–Crippen MR) is 119 cm³/mol. The smallest absolute Gasteiger partial charge is 0.142 e. The molecule has 1 fully saturated rings. The number of aromatic amines is 1. The molecular formula is C23H31N5O. The summed E-state index contributed by atoms with van der Waals surface area (Å²) in [5.41, 5.74) is 10.9. The summed E-state index contributed by atoms with van der Waals surface area (Å²) in [4.78, 5) is 13.0. The molecule has 1 aliphatic rings. The standard InChI is InChI=1S/C23H31N5O/c1-16(2)29-21-10-5-4-9-20(21)28-13-11-27(12-14-28)15-18(24)23-25-19-8-6-7-17(3)22(19)26-23/h4-10,16,18H,11-15,24H2,1-3H3,(H,25,26). The van der Waals surface area contributed by atoms with Gasteiger partial charge in [-0.25, -0.2) is 4.98 Å². The highest BCUT2D eigenvalue weighted by molar-refractivity contribution is 5.78. The number of para-hydroxylation sites is 3. The van der Waals surface area contributed by atoms with E-state index in [4.69, 9.17) is 15.5 Å². The fourth-order valence-electron chi connectivity index (χ4n) is 3.98. The maximum atomic E-state index is 6.50. The van der Waals surface area contributed by atoms with Gasteiger partial charge in [-0.05, 0) is 44.5 Å². The largest absolute Gasteiger partial charge is 0.489 e. The number of benzene rings is 2. The summed E-state index contributed by atoms with van der Waals surface area (Å²) in [6.07, 6.45) is 0.169. The minimum atomic E-state index is -0.120. The quantitative estimate of drug-likeness (QED) is 0.671. The molecule has 0 aliphatic carbocycles. The van der Waals surface area contributed by atoms with Crippen LogP contribution in [0.3, 0.4) is 0 Å². The van der Waals surface area contributed by atoms with Crippen molar-refractivity contribution in [1.29, 1.82) is 0 Å². The summed E-state index contributed by atoms with van der Waals surface area (Å²) in [6.45, 7) is 10.9. The Kier molecular flexibility index (Phi) is 5.74. The van der Waals surface area contributed by atoms with Gasteiger partial charge >= 0.3 is 0 Å². The van der Waals surface area contributed by atoms with Crippen LogP contribution in [0.25, 0.3) is 11.0 Å². The van der Waals surface area contributed by atoms with Crippen molar-refractivity contribution >= 4 is 16.7 Å². The molecule has 154 valence electrons. The second-order valence-corrected chi connectivity index (χ2v) is 8.12. The van der Waals surface area contributed by atoms with E-state index in [1.54, 1.807) is 0 Å². The molecular weight excluding hydrogens is 362 g/mol. The van der Waals surface area contributed by atoms with Crippen molar-refractivity contribution in [1.82, 2.24) is 14.9 Å². The van der Waals surface area contributed by atoms with Gasteiger partial charge in [0.05, 0.1) is 28.9 Å². The molecule has 6 heteroatoms. The number of nitrogens with two attached hydrogens (primary N) is 1. The zero-order valence-electron chi connectivity index (χ0n) is 17.6. The van der Waals surface area contributed by atoms with Gasteiger partial charge in [0.2, 0.25) is 0 Å². The average molecular weight is 394 g/mol. The maximum Gasteiger partial charge on any atom is 0.142 e. The van der Waals surface area contributed by atoms with Crippen molar-refractivity contribution in [3.63, 3.8) is 0 Å². The van der Waals surface area contributed by atoms with E-state index in [0.29, 0.717) is 0 Å². The third-order valence-electron chi connectivity index (χ3n) is 5.48. The molecule has 1 aliphatic heterocycles. The monoisotopic (exact) mass is 393 g/mol. The fraction of sp³-hybridized carbons (Fsp3) is 0.435. The lowest BCUT2D eigenvalue weighted by Gasteiger charge is -2.37. The van der Waals surface area contributed by atoms with E-state index in [2.05, 4.69) is 65.9 Å². The van der Waals surface area contributed by atoms with E-state index in [9.17, 15) is 0 Å². The van der Waals surface area contributed by atoms with E-state index in [1.165, 1.54) is 11.3 Å². The van der Waals surface area contributed by atoms with Gasteiger partial charge in [-0.1, -0.05) is 24.3 Å². The molecule has 29 heavy (non-hydrogen) atoms. The van der Waals surface area contributed by atoms with E-state index >= 15 is 0 Å². The molecule has 4 rings (SSSR count). The first-order chi connectivity index (χ1) is 14.0. The molecule has 1 aromatic heterocycles. The number of fused-ring (bicyclic) bond motifs is 1. The summed E-state index contributed by atoms with van der Waals surface area (Å²) >= 11 is 0. The molecule has 1 atom stereocenters. The van der Waals surface area contributed by atoms with E-state index in [0.717, 1.165) is 55.3 Å². The van der Waals surface area contributed by atoms with Crippen molar-refractivity contribution in [2.45, 2.75) is 32.9 Å². The van der Waals surface area contributed by atoms with Crippen LogP contribution in [0.5, 0.6) is 5.75 Å². The summed E-state index contributed by atoms with van der Waals surface area (Å²) in [5, 5.41) is 0. The van der Waals surface area contributed by atoms with Gasteiger partial charge < -0.3 is 20.4 Å². The number of H-pyrrole nitrogens is 1. The van der Waals surface area contributed by atoms with Crippen LogP contribution in [0.15, 0.2) is 42.5 Å². The molecule has 2 heterocycles. The molecule has 0 saturated carbocycles. The van der Waals surface area contributed by atoms with Crippen LogP contribution in [0.2, 0.25) is 0 Å². The minimum absolute atomic E-state index is 0.120. The number of aromatic nitrogens is 2. The van der Waals surface area contributed by atoms with Crippen LogP contribution in [-0.2, 0) is 0 Å². The van der Waals surface area contributed by atoms with Gasteiger partial charge in [0.1, 0.15) is 11.6 Å². The number of hydrogen-bond acceptors (Lipinski definition) is 5. The average Bonchev–Trinajstić information content (AvgIpc) is 3.15. The Morgan fingerprint density at radius 2 is 1.83 bits per heavy atom. The summed E-state index contributed by atoms with van der Waals surface area (Å²) in [7, 11) is 0. The molecule has 2 aromatic carbocycles. The Morgan fingerprint density at radius 3 is 2.55 bits per heavy atom. The molecule has 0 radical (unpaired) electrons. The van der Waals surface area contributed by atoms with Crippen molar-refractivity contribution in [3.05, 3.63) is 53.9 Å². The first-order valence-corrected chi connectivity index (χ1v) is 10.4. The van der Waals surface area contributed by atoms with Gasteiger partial charge in [-0.3, -0.25) is 4.90 Å². The highest BCUT2D eigenvalue weighted by Gasteiger charge is 2.23. The molecule has 3 aromatic rings. The fourth-order valence-corrected chi connectivity index (χ4v) is 3.98. The molecule has 6 nitrogen and oxygen atoms in total. The Bertz CT molecular complexity index is 959. The van der Waals surface area contributed by atoms with Crippen LogP contribution in [0, 0.1) is 6.92 Å². The van der Waals surface area contributed by atoms with Crippen LogP contribution in [-0.4, -0.2) is 53.7 Å². The normalized spacial score (nSPS) is 16.5. The molecule has 0 spiro atoms. The number of aryl methyl sites for hydroxylation is 1. The summed E-state index contributed by atoms with van der Waals surface area (Å²) < 4.78 is 6.00. The van der Waals surface area contributed by atoms with Gasteiger partial charge in [0, 0.05) is 32.7 Å². The number of ether oxygens (including phenoxy) is 1. The topological polar surface area (TPSA) is 70.4 Å². The lowest BCUT2D eigenvalue weighted by atomic mass is 10.2. The van der Waals surface area contributed by atoms with Crippen LogP contribution in [0.4, 0.5) is 5.69 Å². The van der Waals surface area contributed by atoms with Crippen molar-refractivity contribution in [3.8, 4) is 5.75 Å². The number of hydrogen-bond donors (Lipinski definition) is 2.